The van der Waals surface area contributed by atoms with E-state index in [1.807, 2.05) is 36.9 Å². The number of aromatic amines is 1. The highest BCUT2D eigenvalue weighted by atomic mass is 32.1. The molecule has 1 N–H and O–H groups in total. The molecule has 6 nitrogen and oxygen atoms in total. The fraction of sp³-hybridized carbons (Fsp3) is 0.348. The van der Waals surface area contributed by atoms with Crippen LogP contribution in [0.5, 0.6) is 0 Å². The fourth-order valence-electron chi connectivity index (χ4n) is 3.98. The highest BCUT2D eigenvalue weighted by Crippen LogP contribution is 2.19. The molecule has 4 rings (SSSR count). The number of carbonyl (C=O) groups excluding carboxylic acids is 1. The number of amides is 1. The molecule has 3 aromatic rings. The number of likely N-dealkylation sites (N-methyl/N-ethyl adjacent to an activating group) is 1. The Morgan fingerprint density at radius 2 is 1.87 bits per heavy atom. The van der Waals surface area contributed by atoms with E-state index in [4.69, 9.17) is 12.2 Å². The zero-order valence-electron chi connectivity index (χ0n) is 17.6. The van der Waals surface area contributed by atoms with E-state index in [2.05, 4.69) is 16.9 Å². The molecule has 1 saturated heterocycles. The van der Waals surface area contributed by atoms with Crippen molar-refractivity contribution in [2.24, 2.45) is 0 Å². The van der Waals surface area contributed by atoms with Crippen LogP contribution in [0.25, 0.3) is 16.6 Å². The first-order valence-corrected chi connectivity index (χ1v) is 10.6. The van der Waals surface area contributed by atoms with Crippen LogP contribution < -0.4 is 5.56 Å². The first-order chi connectivity index (χ1) is 14.4. The van der Waals surface area contributed by atoms with Crippen LogP contribution in [0.2, 0.25) is 0 Å². The quantitative estimate of drug-likeness (QED) is 0.643. The lowest BCUT2D eigenvalue weighted by atomic mass is 10.1. The summed E-state index contributed by atoms with van der Waals surface area (Å²) in [5.41, 5.74) is 3.86. The monoisotopic (exact) mass is 422 g/mol. The molecule has 0 spiro atoms. The van der Waals surface area contributed by atoms with Crippen LogP contribution in [-0.4, -0.2) is 58.5 Å². The Hall–Kier alpha value is -2.77. The van der Waals surface area contributed by atoms with Gasteiger partial charge in [0, 0.05) is 25.2 Å². The van der Waals surface area contributed by atoms with Gasteiger partial charge in [-0.05, 0) is 81.5 Å². The smallest absolute Gasteiger partial charge is 0.266 e. The Balaban J connectivity index is 1.77. The number of rotatable bonds is 2. The van der Waals surface area contributed by atoms with Gasteiger partial charge in [0.15, 0.2) is 4.77 Å². The standard InChI is InChI=1S/C23H26N4O2S/c1-15-6-4-7-20(16(15)2)27-22(29)18-9-8-17(14-19(18)24-23(27)30)21(28)26-11-5-10-25(3)12-13-26/h4,6-9,14H,5,10-13H2,1-3H3,(H,24,30). The molecule has 0 aliphatic carbocycles. The fourth-order valence-corrected chi connectivity index (χ4v) is 4.27. The summed E-state index contributed by atoms with van der Waals surface area (Å²) in [4.78, 5) is 33.6. The molecule has 2 aromatic carbocycles. The molecule has 0 saturated carbocycles. The van der Waals surface area contributed by atoms with Crippen molar-refractivity contribution < 1.29 is 4.79 Å². The van der Waals surface area contributed by atoms with Crippen molar-refractivity contribution in [3.8, 4) is 5.69 Å². The van der Waals surface area contributed by atoms with Gasteiger partial charge in [0.1, 0.15) is 0 Å². The third-order valence-corrected chi connectivity index (χ3v) is 6.25. The Bertz CT molecular complexity index is 1240. The maximum atomic E-state index is 13.3. The van der Waals surface area contributed by atoms with Gasteiger partial charge >= 0.3 is 0 Å². The van der Waals surface area contributed by atoms with E-state index in [0.717, 1.165) is 42.9 Å². The zero-order valence-corrected chi connectivity index (χ0v) is 18.4. The second kappa shape index (κ2) is 8.16. The van der Waals surface area contributed by atoms with Crippen LogP contribution >= 0.6 is 12.2 Å². The van der Waals surface area contributed by atoms with Crippen molar-refractivity contribution in [1.29, 1.82) is 0 Å². The molecule has 30 heavy (non-hydrogen) atoms. The predicted octanol–water partition coefficient (Wildman–Crippen LogP) is 3.44. The average molecular weight is 423 g/mol. The van der Waals surface area contributed by atoms with Crippen molar-refractivity contribution in [3.63, 3.8) is 0 Å². The number of H-pyrrole nitrogens is 1. The van der Waals surface area contributed by atoms with Crippen molar-refractivity contribution in [2.45, 2.75) is 20.3 Å². The lowest BCUT2D eigenvalue weighted by Crippen LogP contribution is -2.34. The van der Waals surface area contributed by atoms with E-state index in [1.54, 1.807) is 18.2 Å². The molecule has 0 radical (unpaired) electrons. The summed E-state index contributed by atoms with van der Waals surface area (Å²) >= 11 is 5.52. The third kappa shape index (κ3) is 3.70. The largest absolute Gasteiger partial charge is 0.337 e. The van der Waals surface area contributed by atoms with Gasteiger partial charge < -0.3 is 14.8 Å². The number of carbonyl (C=O) groups is 1. The molecule has 1 fully saturated rings. The van der Waals surface area contributed by atoms with Crippen LogP contribution in [0.15, 0.2) is 41.2 Å². The molecule has 2 heterocycles. The molecule has 0 atom stereocenters. The second-order valence-electron chi connectivity index (χ2n) is 8.00. The zero-order chi connectivity index (χ0) is 21.4. The summed E-state index contributed by atoms with van der Waals surface area (Å²) in [6.07, 6.45) is 0.957. The summed E-state index contributed by atoms with van der Waals surface area (Å²) in [5, 5.41) is 0.511. The molecule has 0 unspecified atom stereocenters. The van der Waals surface area contributed by atoms with E-state index >= 15 is 0 Å². The molecular formula is C23H26N4O2S. The van der Waals surface area contributed by atoms with Gasteiger partial charge in [0.2, 0.25) is 0 Å². The van der Waals surface area contributed by atoms with Crippen molar-refractivity contribution in [3.05, 3.63) is 68.2 Å². The number of aromatic nitrogens is 2. The van der Waals surface area contributed by atoms with Crippen molar-refractivity contribution >= 4 is 29.0 Å². The van der Waals surface area contributed by atoms with Gasteiger partial charge in [-0.1, -0.05) is 12.1 Å². The normalized spacial score (nSPS) is 15.4. The van der Waals surface area contributed by atoms with E-state index in [0.29, 0.717) is 27.8 Å². The number of hydrogen-bond donors (Lipinski definition) is 1. The van der Waals surface area contributed by atoms with Gasteiger partial charge in [0.05, 0.1) is 16.6 Å². The molecule has 0 bridgehead atoms. The predicted molar refractivity (Wildman–Crippen MR) is 122 cm³/mol. The number of nitrogens with zero attached hydrogens (tertiary/aromatic N) is 3. The van der Waals surface area contributed by atoms with Gasteiger partial charge in [-0.2, -0.15) is 0 Å². The maximum Gasteiger partial charge on any atom is 0.266 e. The van der Waals surface area contributed by atoms with E-state index in [9.17, 15) is 9.59 Å². The third-order valence-electron chi connectivity index (χ3n) is 5.97. The van der Waals surface area contributed by atoms with Gasteiger partial charge in [0.25, 0.3) is 11.5 Å². The SMILES string of the molecule is Cc1cccc(-n2c(=S)[nH]c3cc(C(=O)N4CCCN(C)CC4)ccc3c2=O)c1C. The van der Waals surface area contributed by atoms with Crippen LogP contribution in [0.1, 0.15) is 27.9 Å². The summed E-state index contributed by atoms with van der Waals surface area (Å²) in [6.45, 7) is 7.30. The van der Waals surface area contributed by atoms with Crippen LogP contribution in [-0.2, 0) is 0 Å². The Morgan fingerprint density at radius 1 is 1.07 bits per heavy atom. The summed E-state index contributed by atoms with van der Waals surface area (Å²) in [6, 6.07) is 11.0. The Kier molecular flexibility index (Phi) is 5.58. The minimum Gasteiger partial charge on any atom is -0.337 e. The van der Waals surface area contributed by atoms with Gasteiger partial charge in [-0.25, -0.2) is 0 Å². The number of benzene rings is 2. The first-order valence-electron chi connectivity index (χ1n) is 10.2. The number of nitrogens with one attached hydrogen (secondary N) is 1. The Morgan fingerprint density at radius 3 is 2.67 bits per heavy atom. The van der Waals surface area contributed by atoms with Crippen LogP contribution in [0.3, 0.4) is 0 Å². The first kappa shape index (κ1) is 20.5. The lowest BCUT2D eigenvalue weighted by molar-refractivity contribution is 0.0763. The van der Waals surface area contributed by atoms with Crippen LogP contribution in [0.4, 0.5) is 0 Å². The molecule has 1 aliphatic rings. The molecule has 1 amide bonds. The molecular weight excluding hydrogens is 396 g/mol. The van der Waals surface area contributed by atoms with Crippen molar-refractivity contribution in [1.82, 2.24) is 19.4 Å². The van der Waals surface area contributed by atoms with Gasteiger partial charge in [-0.15, -0.1) is 0 Å². The Labute approximate surface area is 180 Å². The lowest BCUT2D eigenvalue weighted by Gasteiger charge is -2.21. The highest BCUT2D eigenvalue weighted by molar-refractivity contribution is 7.71. The number of aryl methyl sites for hydroxylation is 1. The maximum absolute atomic E-state index is 13.3. The van der Waals surface area contributed by atoms with E-state index in [1.165, 1.54) is 4.57 Å². The second-order valence-corrected chi connectivity index (χ2v) is 8.39. The summed E-state index contributed by atoms with van der Waals surface area (Å²) < 4.78 is 1.86. The number of fused-ring (bicyclic) bond motifs is 1. The van der Waals surface area contributed by atoms with Crippen LogP contribution in [0, 0.1) is 18.6 Å². The van der Waals surface area contributed by atoms with E-state index < -0.39 is 0 Å². The van der Waals surface area contributed by atoms with Gasteiger partial charge in [-0.3, -0.25) is 14.2 Å². The van der Waals surface area contributed by atoms with Crippen molar-refractivity contribution in [2.75, 3.05) is 33.2 Å². The molecule has 1 aromatic heterocycles. The molecule has 7 heteroatoms. The average Bonchev–Trinajstić information content (AvgIpc) is 2.94. The summed E-state index contributed by atoms with van der Waals surface area (Å²) in [5.74, 6) is -0.00905. The van der Waals surface area contributed by atoms with E-state index in [-0.39, 0.29) is 11.5 Å². The number of hydrogen-bond acceptors (Lipinski definition) is 4. The highest BCUT2D eigenvalue weighted by Gasteiger charge is 2.20. The minimum atomic E-state index is -0.183. The molecule has 1 aliphatic heterocycles. The minimum absolute atomic E-state index is 0.00905. The molecule has 156 valence electrons. The summed E-state index contributed by atoms with van der Waals surface area (Å²) in [7, 11) is 2.07. The topological polar surface area (TPSA) is 61.3 Å².